The van der Waals surface area contributed by atoms with Crippen LogP contribution >= 0.6 is 0 Å². The smallest absolute Gasteiger partial charge is 0.251 e. The molecule has 0 radical (unpaired) electrons. The predicted molar refractivity (Wildman–Crippen MR) is 124 cm³/mol. The van der Waals surface area contributed by atoms with E-state index in [1.807, 2.05) is 50.2 Å². The number of amides is 2. The molecule has 3 aromatic rings. The number of carbonyl (C=O) groups is 2. The van der Waals surface area contributed by atoms with Gasteiger partial charge in [0.1, 0.15) is 5.82 Å². The van der Waals surface area contributed by atoms with E-state index in [0.29, 0.717) is 17.9 Å². The number of ether oxygens (including phenoxy) is 1. The summed E-state index contributed by atoms with van der Waals surface area (Å²) >= 11 is 0. The van der Waals surface area contributed by atoms with Crippen LogP contribution in [0.4, 0.5) is 5.82 Å². The van der Waals surface area contributed by atoms with E-state index in [1.54, 1.807) is 16.8 Å². The van der Waals surface area contributed by atoms with Crippen LogP contribution in [0.3, 0.4) is 0 Å². The minimum Gasteiger partial charge on any atom is -0.376 e. The molecule has 0 unspecified atom stereocenters. The number of rotatable bonds is 6. The first kappa shape index (κ1) is 21.8. The molecule has 0 bridgehead atoms. The quantitative estimate of drug-likeness (QED) is 0.616. The first-order valence-electron chi connectivity index (χ1n) is 10.9. The van der Waals surface area contributed by atoms with Gasteiger partial charge in [-0.05, 0) is 56.5 Å². The van der Waals surface area contributed by atoms with E-state index in [2.05, 4.69) is 15.7 Å². The molecule has 2 aromatic carbocycles. The van der Waals surface area contributed by atoms with Crippen molar-refractivity contribution in [1.82, 2.24) is 15.1 Å². The Morgan fingerprint density at radius 1 is 1.09 bits per heavy atom. The van der Waals surface area contributed by atoms with Gasteiger partial charge in [-0.25, -0.2) is 4.68 Å². The largest absolute Gasteiger partial charge is 0.376 e. The third-order valence-corrected chi connectivity index (χ3v) is 5.58. The average Bonchev–Trinajstić information content (AvgIpc) is 3.41. The molecule has 2 heterocycles. The summed E-state index contributed by atoms with van der Waals surface area (Å²) in [6.07, 6.45) is 2.12. The summed E-state index contributed by atoms with van der Waals surface area (Å²) in [6, 6.07) is 15.3. The number of nitrogens with one attached hydrogen (secondary N) is 2. The molecule has 0 spiro atoms. The van der Waals surface area contributed by atoms with Crippen molar-refractivity contribution < 1.29 is 14.3 Å². The van der Waals surface area contributed by atoms with Crippen LogP contribution in [0, 0.1) is 13.8 Å². The molecule has 1 fully saturated rings. The zero-order chi connectivity index (χ0) is 22.7. The Morgan fingerprint density at radius 3 is 2.44 bits per heavy atom. The molecule has 4 rings (SSSR count). The Kier molecular flexibility index (Phi) is 6.37. The molecule has 166 valence electrons. The van der Waals surface area contributed by atoms with Gasteiger partial charge in [-0.3, -0.25) is 9.59 Å². The van der Waals surface area contributed by atoms with Gasteiger partial charge in [0.2, 0.25) is 5.91 Å². The van der Waals surface area contributed by atoms with Crippen LogP contribution in [0.15, 0.2) is 48.5 Å². The van der Waals surface area contributed by atoms with Crippen molar-refractivity contribution in [2.75, 3.05) is 18.5 Å². The summed E-state index contributed by atoms with van der Waals surface area (Å²) in [7, 11) is 0. The van der Waals surface area contributed by atoms with Crippen molar-refractivity contribution in [1.29, 1.82) is 0 Å². The number of hydrogen-bond acceptors (Lipinski definition) is 4. The number of aryl methyl sites for hydroxylation is 2. The number of carbonyl (C=O) groups excluding carboxylic acids is 2. The van der Waals surface area contributed by atoms with Crippen molar-refractivity contribution >= 4 is 17.6 Å². The van der Waals surface area contributed by atoms with E-state index in [1.165, 1.54) is 6.92 Å². The monoisotopic (exact) mass is 432 g/mol. The molecule has 7 heteroatoms. The van der Waals surface area contributed by atoms with E-state index >= 15 is 0 Å². The topological polar surface area (TPSA) is 85.2 Å². The summed E-state index contributed by atoms with van der Waals surface area (Å²) in [5.41, 5.74) is 5.14. The number of hydrogen-bond donors (Lipinski definition) is 2. The maximum Gasteiger partial charge on any atom is 0.251 e. The fourth-order valence-electron chi connectivity index (χ4n) is 3.93. The molecule has 1 saturated heterocycles. The van der Waals surface area contributed by atoms with Crippen LogP contribution < -0.4 is 10.6 Å². The number of anilines is 1. The highest BCUT2D eigenvalue weighted by Gasteiger charge is 2.20. The lowest BCUT2D eigenvalue weighted by Crippen LogP contribution is -2.31. The normalized spacial score (nSPS) is 15.5. The molecule has 7 nitrogen and oxygen atoms in total. The number of nitrogens with zero attached hydrogens (tertiary/aromatic N) is 2. The Balaban J connectivity index is 1.61. The standard InChI is InChI=1S/C25H28N4O3/c1-16-6-8-19(9-7-16)23-17(2)28-29(24(23)27-18(3)30)21-12-10-20(11-13-21)25(31)26-15-22-5-4-14-32-22/h6-13,22H,4-5,14-15H2,1-3H3,(H,26,31)(H,27,30)/t22-/m1/s1. The fourth-order valence-corrected chi connectivity index (χ4v) is 3.93. The highest BCUT2D eigenvalue weighted by Crippen LogP contribution is 2.33. The van der Waals surface area contributed by atoms with Crippen molar-refractivity contribution in [3.05, 3.63) is 65.4 Å². The van der Waals surface area contributed by atoms with Gasteiger partial charge < -0.3 is 15.4 Å². The molecule has 1 atom stereocenters. The van der Waals surface area contributed by atoms with Crippen molar-refractivity contribution in [3.63, 3.8) is 0 Å². The van der Waals surface area contributed by atoms with Crippen molar-refractivity contribution in [2.45, 2.75) is 39.7 Å². The summed E-state index contributed by atoms with van der Waals surface area (Å²) in [5.74, 6) is 0.296. The van der Waals surface area contributed by atoms with Crippen LogP contribution in [0.2, 0.25) is 0 Å². The second-order valence-corrected chi connectivity index (χ2v) is 8.16. The molecular formula is C25H28N4O3. The summed E-state index contributed by atoms with van der Waals surface area (Å²) in [5, 5.41) is 10.5. The SMILES string of the molecule is CC(=O)Nc1c(-c2ccc(C)cc2)c(C)nn1-c1ccc(C(=O)NC[C@H]2CCCO2)cc1. The van der Waals surface area contributed by atoms with Crippen LogP contribution in [0.1, 0.15) is 41.4 Å². The second-order valence-electron chi connectivity index (χ2n) is 8.16. The Labute approximate surface area is 187 Å². The minimum atomic E-state index is -0.176. The molecular weight excluding hydrogens is 404 g/mol. The zero-order valence-corrected chi connectivity index (χ0v) is 18.6. The number of benzene rings is 2. The van der Waals surface area contributed by atoms with Crippen molar-refractivity contribution in [3.8, 4) is 16.8 Å². The first-order chi connectivity index (χ1) is 15.4. The van der Waals surface area contributed by atoms with Gasteiger partial charge in [-0.2, -0.15) is 5.10 Å². The van der Waals surface area contributed by atoms with Crippen molar-refractivity contribution in [2.24, 2.45) is 0 Å². The second kappa shape index (κ2) is 9.36. The zero-order valence-electron chi connectivity index (χ0n) is 18.6. The predicted octanol–water partition coefficient (Wildman–Crippen LogP) is 4.02. The van der Waals surface area contributed by atoms with Gasteiger partial charge in [0.25, 0.3) is 5.91 Å². The minimum absolute atomic E-state index is 0.102. The van der Waals surface area contributed by atoms with E-state index in [4.69, 9.17) is 4.74 Å². The molecule has 1 aromatic heterocycles. The lowest BCUT2D eigenvalue weighted by atomic mass is 10.0. The van der Waals surface area contributed by atoms with Crippen LogP contribution in [-0.4, -0.2) is 40.9 Å². The van der Waals surface area contributed by atoms with Gasteiger partial charge in [0.15, 0.2) is 0 Å². The number of aromatic nitrogens is 2. The molecule has 1 aliphatic rings. The third-order valence-electron chi connectivity index (χ3n) is 5.58. The van der Waals surface area contributed by atoms with Gasteiger partial charge >= 0.3 is 0 Å². The highest BCUT2D eigenvalue weighted by atomic mass is 16.5. The Hall–Kier alpha value is -3.45. The first-order valence-corrected chi connectivity index (χ1v) is 10.9. The summed E-state index contributed by atoms with van der Waals surface area (Å²) < 4.78 is 7.26. The third kappa shape index (κ3) is 4.73. The Morgan fingerprint density at radius 2 is 1.81 bits per heavy atom. The lowest BCUT2D eigenvalue weighted by Gasteiger charge is -2.12. The van der Waals surface area contributed by atoms with Crippen LogP contribution in [0.5, 0.6) is 0 Å². The molecule has 1 aliphatic heterocycles. The van der Waals surface area contributed by atoms with Gasteiger partial charge in [-0.1, -0.05) is 29.8 Å². The van der Waals surface area contributed by atoms with E-state index in [-0.39, 0.29) is 17.9 Å². The van der Waals surface area contributed by atoms with E-state index < -0.39 is 0 Å². The van der Waals surface area contributed by atoms with E-state index in [0.717, 1.165) is 47.5 Å². The summed E-state index contributed by atoms with van der Waals surface area (Å²) in [4.78, 5) is 24.4. The van der Waals surface area contributed by atoms with Gasteiger partial charge in [0.05, 0.1) is 17.5 Å². The summed E-state index contributed by atoms with van der Waals surface area (Å²) in [6.45, 7) is 6.72. The Bertz CT molecular complexity index is 1110. The molecule has 0 saturated carbocycles. The maximum atomic E-state index is 12.5. The fraction of sp³-hybridized carbons (Fsp3) is 0.320. The van der Waals surface area contributed by atoms with E-state index in [9.17, 15) is 9.59 Å². The maximum absolute atomic E-state index is 12.5. The van der Waals surface area contributed by atoms with Crippen LogP contribution in [0.25, 0.3) is 16.8 Å². The molecule has 2 N–H and O–H groups in total. The molecule has 0 aliphatic carbocycles. The molecule has 32 heavy (non-hydrogen) atoms. The average molecular weight is 433 g/mol. The highest BCUT2D eigenvalue weighted by molar-refractivity contribution is 5.95. The van der Waals surface area contributed by atoms with Crippen LogP contribution in [-0.2, 0) is 9.53 Å². The van der Waals surface area contributed by atoms with Gasteiger partial charge in [-0.15, -0.1) is 0 Å². The lowest BCUT2D eigenvalue weighted by molar-refractivity contribution is -0.114. The molecule has 2 amide bonds. The van der Waals surface area contributed by atoms with Gasteiger partial charge in [0, 0.05) is 31.2 Å².